The fraction of sp³-hybridized carbons (Fsp3) is 0.550. The van der Waals surface area contributed by atoms with Gasteiger partial charge in [-0.05, 0) is 31.0 Å². The van der Waals surface area contributed by atoms with E-state index in [2.05, 4.69) is 10.4 Å². The van der Waals surface area contributed by atoms with E-state index >= 15 is 0 Å². The van der Waals surface area contributed by atoms with E-state index in [9.17, 15) is 31.2 Å². The smallest absolute Gasteiger partial charge is 0.422 e. The summed E-state index contributed by atoms with van der Waals surface area (Å²) < 4.78 is 70.4. The van der Waals surface area contributed by atoms with Crippen LogP contribution in [-0.2, 0) is 19.6 Å². The lowest BCUT2D eigenvalue weighted by atomic mass is 10.1. The van der Waals surface area contributed by atoms with Gasteiger partial charge in [-0.3, -0.25) is 9.59 Å². The minimum atomic E-state index is -4.63. The van der Waals surface area contributed by atoms with Crippen molar-refractivity contribution < 1.29 is 35.9 Å². The molecule has 1 aromatic rings. The van der Waals surface area contributed by atoms with Crippen LogP contribution in [0.1, 0.15) is 38.5 Å². The zero-order chi connectivity index (χ0) is 24.2. The number of alkyl halides is 3. The summed E-state index contributed by atoms with van der Waals surface area (Å²) in [5.74, 6) is -1.39. The number of benzene rings is 1. The first-order valence-electron chi connectivity index (χ1n) is 10.5. The second-order valence-electron chi connectivity index (χ2n) is 7.80. The van der Waals surface area contributed by atoms with Crippen molar-refractivity contribution in [2.24, 2.45) is 5.10 Å². The molecule has 1 N–H and O–H groups in total. The number of sulfonamides is 1. The highest BCUT2D eigenvalue weighted by Gasteiger charge is 2.31. The number of ether oxygens (including phenoxy) is 1. The molecule has 33 heavy (non-hydrogen) atoms. The van der Waals surface area contributed by atoms with Gasteiger partial charge in [0.1, 0.15) is 11.5 Å². The average Bonchev–Trinajstić information content (AvgIpc) is 3.04. The first kappa shape index (κ1) is 25.0. The highest BCUT2D eigenvalue weighted by Crippen LogP contribution is 2.31. The molecule has 0 aliphatic carbocycles. The molecule has 13 heteroatoms. The molecule has 0 saturated carbocycles. The normalized spacial score (nSPS) is 18.5. The van der Waals surface area contributed by atoms with Gasteiger partial charge >= 0.3 is 6.18 Å². The number of amides is 2. The monoisotopic (exact) mass is 490 g/mol. The largest absolute Gasteiger partial charge is 0.482 e. The van der Waals surface area contributed by atoms with Crippen LogP contribution < -0.4 is 10.1 Å². The molecule has 1 fully saturated rings. The van der Waals surface area contributed by atoms with Gasteiger partial charge in [-0.1, -0.05) is 12.8 Å². The van der Waals surface area contributed by atoms with Crippen LogP contribution in [0.2, 0.25) is 0 Å². The molecule has 182 valence electrons. The minimum absolute atomic E-state index is 0.0142. The lowest BCUT2D eigenvalue weighted by Gasteiger charge is -2.22. The van der Waals surface area contributed by atoms with Crippen LogP contribution in [-0.4, -0.2) is 68.2 Å². The SMILES string of the molecule is CN1N=C(C(=O)Nc2cc(S(=O)(=O)N3CCCCCC3)ccc2OCC(F)(F)F)CCC1=O. The third-order valence-electron chi connectivity index (χ3n) is 5.26. The predicted molar refractivity (Wildman–Crippen MR) is 113 cm³/mol. The van der Waals surface area contributed by atoms with E-state index in [1.54, 1.807) is 0 Å². The van der Waals surface area contributed by atoms with Crippen molar-refractivity contribution >= 4 is 33.2 Å². The first-order chi connectivity index (χ1) is 15.5. The number of rotatable bonds is 6. The number of anilines is 1. The zero-order valence-corrected chi connectivity index (χ0v) is 18.8. The van der Waals surface area contributed by atoms with Crippen LogP contribution in [0, 0.1) is 0 Å². The molecule has 0 radical (unpaired) electrons. The molecule has 0 bridgehead atoms. The van der Waals surface area contributed by atoms with E-state index in [0.717, 1.165) is 36.0 Å². The molecule has 2 amide bonds. The van der Waals surface area contributed by atoms with Gasteiger partial charge < -0.3 is 10.1 Å². The summed E-state index contributed by atoms with van der Waals surface area (Å²) in [4.78, 5) is 24.1. The summed E-state index contributed by atoms with van der Waals surface area (Å²) >= 11 is 0. The number of hydrazone groups is 1. The van der Waals surface area contributed by atoms with E-state index in [0.29, 0.717) is 25.9 Å². The minimum Gasteiger partial charge on any atom is -0.482 e. The van der Waals surface area contributed by atoms with Gasteiger partial charge in [0.05, 0.1) is 10.6 Å². The maximum absolute atomic E-state index is 13.1. The second kappa shape index (κ2) is 10.1. The summed E-state index contributed by atoms with van der Waals surface area (Å²) in [5.41, 5.74) is -0.248. The third-order valence-corrected chi connectivity index (χ3v) is 7.16. The number of hydrogen-bond acceptors (Lipinski definition) is 6. The Labute approximate surface area is 189 Å². The lowest BCUT2D eigenvalue weighted by Crippen LogP contribution is -2.34. The summed E-state index contributed by atoms with van der Waals surface area (Å²) in [6.45, 7) is -0.937. The lowest BCUT2D eigenvalue weighted by molar-refractivity contribution is -0.153. The summed E-state index contributed by atoms with van der Waals surface area (Å²) in [5, 5.41) is 7.27. The third kappa shape index (κ3) is 6.44. The number of carbonyl (C=O) groups excluding carboxylic acids is 2. The van der Waals surface area contributed by atoms with Gasteiger partial charge in [0.2, 0.25) is 15.9 Å². The molecule has 0 atom stereocenters. The molecule has 3 rings (SSSR count). The van der Waals surface area contributed by atoms with Crippen LogP contribution in [0.25, 0.3) is 0 Å². The number of nitrogens with zero attached hydrogens (tertiary/aromatic N) is 3. The summed E-state index contributed by atoms with van der Waals surface area (Å²) in [6.07, 6.45) is -1.30. The van der Waals surface area contributed by atoms with Crippen LogP contribution in [0.5, 0.6) is 5.75 Å². The fourth-order valence-electron chi connectivity index (χ4n) is 3.51. The van der Waals surface area contributed by atoms with Crippen LogP contribution >= 0.6 is 0 Å². The number of halogens is 3. The molecule has 0 spiro atoms. The predicted octanol–water partition coefficient (Wildman–Crippen LogP) is 2.74. The Morgan fingerprint density at radius 2 is 1.82 bits per heavy atom. The van der Waals surface area contributed by atoms with Crippen LogP contribution in [0.15, 0.2) is 28.2 Å². The topological polar surface area (TPSA) is 108 Å². The molecule has 9 nitrogen and oxygen atoms in total. The number of nitrogens with one attached hydrogen (secondary N) is 1. The highest BCUT2D eigenvalue weighted by atomic mass is 32.2. The van der Waals surface area contributed by atoms with Crippen LogP contribution in [0.4, 0.5) is 18.9 Å². The Morgan fingerprint density at radius 1 is 1.15 bits per heavy atom. The van der Waals surface area contributed by atoms with Crippen molar-refractivity contribution in [3.8, 4) is 5.75 Å². The Bertz CT molecular complexity index is 1030. The molecule has 0 aromatic heterocycles. The van der Waals surface area contributed by atoms with Crippen molar-refractivity contribution in [3.05, 3.63) is 18.2 Å². The molecule has 2 aliphatic rings. The average molecular weight is 491 g/mol. The maximum Gasteiger partial charge on any atom is 0.422 e. The molecular weight excluding hydrogens is 465 g/mol. The van der Waals surface area contributed by atoms with E-state index in [4.69, 9.17) is 4.74 Å². The van der Waals surface area contributed by atoms with Crippen molar-refractivity contribution in [3.63, 3.8) is 0 Å². The van der Waals surface area contributed by atoms with Gasteiger partial charge in [-0.15, -0.1) is 0 Å². The van der Waals surface area contributed by atoms with Gasteiger partial charge in [0.25, 0.3) is 5.91 Å². The zero-order valence-electron chi connectivity index (χ0n) is 18.0. The molecule has 2 aliphatic heterocycles. The van der Waals surface area contributed by atoms with Crippen molar-refractivity contribution in [2.75, 3.05) is 32.1 Å². The molecule has 0 unspecified atom stereocenters. The molecular formula is C20H25F3N4O5S. The Hall–Kier alpha value is -2.67. The van der Waals surface area contributed by atoms with Gasteiger partial charge in [0, 0.05) is 33.0 Å². The molecule has 2 heterocycles. The van der Waals surface area contributed by atoms with Gasteiger partial charge in [0.15, 0.2) is 6.61 Å². The van der Waals surface area contributed by atoms with Crippen molar-refractivity contribution in [2.45, 2.75) is 49.6 Å². The summed E-state index contributed by atoms with van der Waals surface area (Å²) in [6, 6.07) is 3.33. The standard InChI is InChI=1S/C20H25F3N4O5S/c1-26-18(28)9-7-15(25-26)19(29)24-16-12-14(6-8-17(16)32-13-20(21,22)23)33(30,31)27-10-4-2-3-5-11-27/h6,8,12H,2-5,7,9-11,13H2,1H3,(H,24,29). The Balaban J connectivity index is 1.91. The quantitative estimate of drug-likeness (QED) is 0.660. The molecule has 1 aromatic carbocycles. The number of carbonyl (C=O) groups is 2. The van der Waals surface area contributed by atoms with Crippen molar-refractivity contribution in [1.82, 2.24) is 9.31 Å². The van der Waals surface area contributed by atoms with Crippen molar-refractivity contribution in [1.29, 1.82) is 0 Å². The van der Waals surface area contributed by atoms with E-state index in [-0.39, 0.29) is 40.8 Å². The van der Waals surface area contributed by atoms with E-state index in [1.807, 2.05) is 0 Å². The fourth-order valence-corrected chi connectivity index (χ4v) is 5.06. The second-order valence-corrected chi connectivity index (χ2v) is 9.74. The highest BCUT2D eigenvalue weighted by molar-refractivity contribution is 7.89. The van der Waals surface area contributed by atoms with Crippen LogP contribution in [0.3, 0.4) is 0 Å². The van der Waals surface area contributed by atoms with Gasteiger partial charge in [-0.2, -0.15) is 22.6 Å². The van der Waals surface area contributed by atoms with E-state index in [1.165, 1.54) is 11.4 Å². The maximum atomic E-state index is 13.1. The number of hydrogen-bond donors (Lipinski definition) is 1. The first-order valence-corrected chi connectivity index (χ1v) is 11.9. The molecule has 1 saturated heterocycles. The summed E-state index contributed by atoms with van der Waals surface area (Å²) in [7, 11) is -2.55. The van der Waals surface area contributed by atoms with Gasteiger partial charge in [-0.25, -0.2) is 13.4 Å². The van der Waals surface area contributed by atoms with E-state index < -0.39 is 28.7 Å². The Morgan fingerprint density at radius 3 is 2.42 bits per heavy atom. The Kier molecular flexibility index (Phi) is 7.62.